The van der Waals surface area contributed by atoms with Gasteiger partial charge < -0.3 is 25.5 Å². The predicted octanol–water partition coefficient (Wildman–Crippen LogP) is -3.13. The van der Waals surface area contributed by atoms with E-state index in [1.165, 1.54) is 21.1 Å². The van der Waals surface area contributed by atoms with E-state index in [2.05, 4.69) is 0 Å². The average Bonchev–Trinajstić information content (AvgIpc) is 2.35. The van der Waals surface area contributed by atoms with Crippen molar-refractivity contribution in [2.24, 2.45) is 0 Å². The number of aliphatic hydroxyl groups is 5. The first-order valence-corrected chi connectivity index (χ1v) is 5.19. The van der Waals surface area contributed by atoms with Crippen LogP contribution < -0.4 is 0 Å². The molecular weight excluding hydrogens is 258 g/mol. The first kappa shape index (κ1) is 18.5. The first-order valence-electron chi connectivity index (χ1n) is 4.66. The topological polar surface area (TPSA) is 121 Å². The molecule has 0 aromatic heterocycles. The third kappa shape index (κ3) is 5.43. The van der Waals surface area contributed by atoms with E-state index in [0.29, 0.717) is 0 Å². The summed E-state index contributed by atoms with van der Waals surface area (Å²) < 4.78 is 8.12. The van der Waals surface area contributed by atoms with Crippen molar-refractivity contribution >= 4 is 0 Å². The van der Waals surface area contributed by atoms with Gasteiger partial charge in [0.2, 0.25) is 0 Å². The van der Waals surface area contributed by atoms with Crippen molar-refractivity contribution in [3.05, 3.63) is 0 Å². The number of hydrogen-bond acceptors (Lipinski definition) is 7. The zero-order valence-electron chi connectivity index (χ0n) is 8.95. The van der Waals surface area contributed by atoms with Gasteiger partial charge in [0.25, 0.3) is 0 Å². The van der Waals surface area contributed by atoms with E-state index in [1.807, 2.05) is 0 Å². The molecule has 0 aromatic carbocycles. The van der Waals surface area contributed by atoms with E-state index in [9.17, 15) is 0 Å². The van der Waals surface area contributed by atoms with Gasteiger partial charge in [-0.15, -0.1) is 0 Å². The summed E-state index contributed by atoms with van der Waals surface area (Å²) in [5.74, 6) is 0. The Morgan fingerprint density at radius 1 is 0.812 bits per heavy atom. The normalized spacial score (nSPS) is 11.1. The van der Waals surface area contributed by atoms with Gasteiger partial charge in [0.15, 0.2) is 0 Å². The summed E-state index contributed by atoms with van der Waals surface area (Å²) in [6.45, 7) is -1.26. The summed E-state index contributed by atoms with van der Waals surface area (Å²) in [5, 5.41) is 44.7. The van der Waals surface area contributed by atoms with Crippen molar-refractivity contribution in [3.8, 4) is 0 Å². The molecule has 8 heteroatoms. The molecule has 0 heterocycles. The number of β-amino-alcohol motifs (C(OH)–C–C–N with tert-alkyl or cyclic N) is 2. The van der Waals surface area contributed by atoms with Gasteiger partial charge in [-0.25, -0.2) is 0 Å². The predicted molar refractivity (Wildman–Crippen MR) is 50.4 cm³/mol. The van der Waals surface area contributed by atoms with Gasteiger partial charge >= 0.3 is 20.0 Å². The Morgan fingerprint density at radius 3 is 1.31 bits per heavy atom. The molecule has 0 rings (SSSR count). The maximum absolute atomic E-state index is 9.08. The molecule has 0 atom stereocenters. The second-order valence-corrected chi connectivity index (χ2v) is 3.13. The Morgan fingerprint density at radius 2 is 1.12 bits per heavy atom. The van der Waals surface area contributed by atoms with Crippen LogP contribution in [0.3, 0.4) is 0 Å². The van der Waals surface area contributed by atoms with E-state index < -0.39 is 25.4 Å². The van der Waals surface area contributed by atoms with Crippen molar-refractivity contribution in [2.75, 3.05) is 46.1 Å². The van der Waals surface area contributed by atoms with Crippen molar-refractivity contribution in [2.45, 2.75) is 5.54 Å². The third-order valence-corrected chi connectivity index (χ3v) is 2.29. The van der Waals surface area contributed by atoms with Crippen LogP contribution in [0.15, 0.2) is 0 Å². The van der Waals surface area contributed by atoms with Crippen LogP contribution in [0.4, 0.5) is 0 Å². The van der Waals surface area contributed by atoms with E-state index in [0.717, 1.165) is 0 Å². The fraction of sp³-hybridized carbons (Fsp3) is 1.00. The number of aliphatic hydroxyl groups excluding tert-OH is 5. The molecular formula is C8H19CrNO6. The summed E-state index contributed by atoms with van der Waals surface area (Å²) in [7, 11) is 0. The Labute approximate surface area is 103 Å². The minimum absolute atomic E-state index is 0.165. The van der Waals surface area contributed by atoms with Crippen molar-refractivity contribution < 1.29 is 45.6 Å². The van der Waals surface area contributed by atoms with Crippen molar-refractivity contribution in [3.63, 3.8) is 0 Å². The van der Waals surface area contributed by atoms with Gasteiger partial charge in [-0.1, -0.05) is 0 Å². The Bertz CT molecular complexity index is 143. The van der Waals surface area contributed by atoms with Crippen molar-refractivity contribution in [1.29, 1.82) is 0 Å². The van der Waals surface area contributed by atoms with Gasteiger partial charge in [0.05, 0.1) is 38.6 Å². The molecule has 5 N–H and O–H groups in total. The third-order valence-electron chi connectivity index (χ3n) is 2.29. The number of nitrogens with zero attached hydrogens (tertiary/aromatic N) is 1. The fourth-order valence-corrected chi connectivity index (χ4v) is 1.28. The van der Waals surface area contributed by atoms with E-state index in [4.69, 9.17) is 29.3 Å². The van der Waals surface area contributed by atoms with Crippen LogP contribution in [0.2, 0.25) is 0 Å². The molecule has 0 radical (unpaired) electrons. The van der Waals surface area contributed by atoms with Crippen molar-refractivity contribution in [1.82, 2.24) is 4.90 Å². The van der Waals surface area contributed by atoms with Gasteiger partial charge in [0.1, 0.15) is 0 Å². The summed E-state index contributed by atoms with van der Waals surface area (Å²) >= 11 is 1.38. The molecule has 0 aromatic rings. The second-order valence-electron chi connectivity index (χ2n) is 3.13. The zero-order chi connectivity index (χ0) is 13.0. The van der Waals surface area contributed by atoms with Gasteiger partial charge in [-0.05, 0) is 0 Å². The molecule has 0 aliphatic carbocycles. The molecule has 0 bridgehead atoms. The monoisotopic (exact) mass is 277 g/mol. The van der Waals surface area contributed by atoms with Crippen LogP contribution in [-0.4, -0.2) is 82.1 Å². The molecule has 0 amide bonds. The molecule has 0 aliphatic rings. The van der Waals surface area contributed by atoms with E-state index in [1.54, 1.807) is 0 Å². The first-order chi connectivity index (χ1) is 7.70. The Balaban J connectivity index is 0. The summed E-state index contributed by atoms with van der Waals surface area (Å²) in [5.41, 5.74) is -1.18. The molecule has 98 valence electrons. The minimum atomic E-state index is -1.18. The van der Waals surface area contributed by atoms with Crippen LogP contribution in [0.5, 0.6) is 0 Å². The van der Waals surface area contributed by atoms with Crippen LogP contribution in [-0.2, 0) is 20.0 Å². The fourth-order valence-electron chi connectivity index (χ4n) is 1.28. The van der Waals surface area contributed by atoms with Crippen LogP contribution in [0.1, 0.15) is 0 Å². The average molecular weight is 277 g/mol. The summed E-state index contributed by atoms with van der Waals surface area (Å²) in [6.07, 6.45) is 0. The molecule has 0 fully saturated rings. The van der Waals surface area contributed by atoms with E-state index >= 15 is 0 Å². The molecule has 0 saturated carbocycles. The SMILES string of the molecule is OCCN(CCO)C(CO)(CO)CO.[O]=[Cr]. The Kier molecular flexibility index (Phi) is 13.4. The maximum atomic E-state index is 9.08. The quantitative estimate of drug-likeness (QED) is 0.318. The van der Waals surface area contributed by atoms with Crippen LogP contribution >= 0.6 is 0 Å². The molecule has 0 spiro atoms. The molecule has 0 saturated heterocycles. The van der Waals surface area contributed by atoms with Crippen LogP contribution in [0, 0.1) is 0 Å². The molecule has 0 aliphatic heterocycles. The number of rotatable bonds is 8. The van der Waals surface area contributed by atoms with Gasteiger partial charge in [-0.3, -0.25) is 4.90 Å². The molecule has 16 heavy (non-hydrogen) atoms. The van der Waals surface area contributed by atoms with Gasteiger partial charge in [-0.2, -0.15) is 0 Å². The van der Waals surface area contributed by atoms with Crippen LogP contribution in [0.25, 0.3) is 0 Å². The van der Waals surface area contributed by atoms with E-state index in [-0.39, 0.29) is 26.3 Å². The summed E-state index contributed by atoms with van der Waals surface area (Å²) in [6, 6.07) is 0. The molecule has 0 unspecified atom stereocenters. The second kappa shape index (κ2) is 11.6. The van der Waals surface area contributed by atoms with Gasteiger partial charge in [0, 0.05) is 13.1 Å². The number of hydrogen-bond donors (Lipinski definition) is 5. The zero-order valence-corrected chi connectivity index (χ0v) is 10.2. The summed E-state index contributed by atoms with van der Waals surface area (Å²) in [4.78, 5) is 1.47. The standard InChI is InChI=1S/C8H19NO5.Cr.O/c10-3-1-9(2-4-11)8(5-12,6-13)7-14;;/h10-14H,1-7H2;;. The molecule has 7 nitrogen and oxygen atoms in total. The Hall–Kier alpha value is 0.0925.